The molecule has 0 radical (unpaired) electrons. The van der Waals surface area contributed by atoms with Crippen LogP contribution < -0.4 is 0 Å². The van der Waals surface area contributed by atoms with E-state index < -0.39 is 5.41 Å². The van der Waals surface area contributed by atoms with Crippen molar-refractivity contribution in [2.75, 3.05) is 19.7 Å². The minimum atomic E-state index is -0.548. The molecule has 1 aromatic rings. The first-order chi connectivity index (χ1) is 9.28. The molecule has 100 valence electrons. The lowest BCUT2D eigenvalue weighted by Crippen LogP contribution is -2.44. The third kappa shape index (κ3) is 3.55. The first-order valence-corrected chi connectivity index (χ1v) is 6.50. The highest BCUT2D eigenvalue weighted by Gasteiger charge is 2.35. The average molecular weight is 258 g/mol. The Hall–Kier alpha value is -1.86. The van der Waals surface area contributed by atoms with Gasteiger partial charge < -0.3 is 9.64 Å². The third-order valence-electron chi connectivity index (χ3n) is 3.48. The second-order valence-corrected chi connectivity index (χ2v) is 5.05. The van der Waals surface area contributed by atoms with Crippen LogP contribution in [0, 0.1) is 16.7 Å². The molecule has 0 N–H and O–H groups in total. The second kappa shape index (κ2) is 6.35. The van der Waals surface area contributed by atoms with Gasteiger partial charge in [0, 0.05) is 13.1 Å². The van der Waals surface area contributed by atoms with Gasteiger partial charge >= 0.3 is 0 Å². The maximum Gasteiger partial charge on any atom is 0.209 e. The number of piperidine rings is 1. The highest BCUT2D eigenvalue weighted by atomic mass is 16.5. The van der Waals surface area contributed by atoms with E-state index in [0.29, 0.717) is 19.8 Å². The van der Waals surface area contributed by atoms with Crippen LogP contribution in [-0.4, -0.2) is 31.0 Å². The summed E-state index contributed by atoms with van der Waals surface area (Å²) in [7, 11) is 0. The van der Waals surface area contributed by atoms with Gasteiger partial charge in [-0.25, -0.2) is 0 Å². The number of rotatable bonds is 5. The molecule has 4 nitrogen and oxygen atoms in total. The molecule has 0 saturated carbocycles. The smallest absolute Gasteiger partial charge is 0.209 e. The Morgan fingerprint density at radius 3 is 2.89 bits per heavy atom. The van der Waals surface area contributed by atoms with E-state index in [4.69, 9.17) is 4.74 Å². The molecule has 0 bridgehead atoms. The van der Waals surface area contributed by atoms with Crippen LogP contribution in [-0.2, 0) is 16.1 Å². The number of likely N-dealkylation sites (tertiary alicyclic amines) is 1. The summed E-state index contributed by atoms with van der Waals surface area (Å²) in [5.41, 5.74) is 0.548. The van der Waals surface area contributed by atoms with E-state index in [1.54, 1.807) is 4.90 Å². The average Bonchev–Trinajstić information content (AvgIpc) is 2.48. The molecule has 1 heterocycles. The molecule has 19 heavy (non-hydrogen) atoms. The highest BCUT2D eigenvalue weighted by Crippen LogP contribution is 2.29. The molecule has 0 spiro atoms. The van der Waals surface area contributed by atoms with Crippen LogP contribution in [0.1, 0.15) is 18.4 Å². The Kier molecular flexibility index (Phi) is 4.53. The standard InChI is InChI=1S/C15H18N2O2/c16-10-15(7-4-8-17(11-15)13-18)12-19-9-14-5-2-1-3-6-14/h1-3,5-6,13H,4,7-9,11-12H2. The first-order valence-electron chi connectivity index (χ1n) is 6.50. The lowest BCUT2D eigenvalue weighted by Gasteiger charge is -2.36. The molecule has 1 atom stereocenters. The minimum absolute atomic E-state index is 0.378. The monoisotopic (exact) mass is 258 g/mol. The second-order valence-electron chi connectivity index (χ2n) is 5.05. The largest absolute Gasteiger partial charge is 0.375 e. The number of nitrogens with zero attached hydrogens (tertiary/aromatic N) is 2. The number of ether oxygens (including phenoxy) is 1. The predicted octanol–water partition coefficient (Wildman–Crippen LogP) is 1.97. The maximum atomic E-state index is 10.8. The Balaban J connectivity index is 1.89. The summed E-state index contributed by atoms with van der Waals surface area (Å²) in [6.45, 7) is 2.10. The summed E-state index contributed by atoms with van der Waals surface area (Å²) >= 11 is 0. The zero-order chi connectivity index (χ0) is 13.6. The van der Waals surface area contributed by atoms with Crippen LogP contribution >= 0.6 is 0 Å². The molecular formula is C15H18N2O2. The number of nitriles is 1. The molecule has 1 fully saturated rings. The van der Waals surface area contributed by atoms with Crippen LogP contribution in [0.4, 0.5) is 0 Å². The van der Waals surface area contributed by atoms with Gasteiger partial charge in [0.1, 0.15) is 0 Å². The molecular weight excluding hydrogens is 240 g/mol. The Morgan fingerprint density at radius 1 is 1.42 bits per heavy atom. The van der Waals surface area contributed by atoms with Crippen molar-refractivity contribution in [1.82, 2.24) is 4.90 Å². The fraction of sp³-hybridized carbons (Fsp3) is 0.467. The molecule has 4 heteroatoms. The first kappa shape index (κ1) is 13.6. The van der Waals surface area contributed by atoms with E-state index in [1.165, 1.54) is 0 Å². The van der Waals surface area contributed by atoms with E-state index in [0.717, 1.165) is 31.4 Å². The summed E-state index contributed by atoms with van der Waals surface area (Å²) in [6.07, 6.45) is 2.48. The Labute approximate surface area is 113 Å². The molecule has 1 aromatic carbocycles. The van der Waals surface area contributed by atoms with Crippen LogP contribution in [0.15, 0.2) is 30.3 Å². The number of amides is 1. The lowest BCUT2D eigenvalue weighted by molar-refractivity contribution is -0.121. The van der Waals surface area contributed by atoms with E-state index in [2.05, 4.69) is 6.07 Å². The zero-order valence-corrected chi connectivity index (χ0v) is 10.9. The number of carbonyl (C=O) groups is 1. The Bertz CT molecular complexity index is 455. The molecule has 1 saturated heterocycles. The molecule has 2 rings (SSSR count). The predicted molar refractivity (Wildman–Crippen MR) is 71.0 cm³/mol. The van der Waals surface area contributed by atoms with Crippen molar-refractivity contribution in [3.05, 3.63) is 35.9 Å². The SMILES string of the molecule is N#CC1(COCc2ccccc2)CCCN(C=O)C1. The molecule has 0 aromatic heterocycles. The van der Waals surface area contributed by atoms with Crippen molar-refractivity contribution < 1.29 is 9.53 Å². The van der Waals surface area contributed by atoms with Crippen molar-refractivity contribution in [1.29, 1.82) is 5.26 Å². The van der Waals surface area contributed by atoms with Crippen molar-refractivity contribution >= 4 is 6.41 Å². The van der Waals surface area contributed by atoms with Gasteiger partial charge in [0.25, 0.3) is 0 Å². The van der Waals surface area contributed by atoms with Crippen LogP contribution in [0.5, 0.6) is 0 Å². The van der Waals surface area contributed by atoms with Crippen LogP contribution in [0.3, 0.4) is 0 Å². The molecule has 1 aliphatic rings. The van der Waals surface area contributed by atoms with Crippen molar-refractivity contribution in [2.24, 2.45) is 5.41 Å². The van der Waals surface area contributed by atoms with Gasteiger partial charge in [0.05, 0.1) is 24.7 Å². The molecule has 1 aliphatic heterocycles. The van der Waals surface area contributed by atoms with Gasteiger partial charge in [0.15, 0.2) is 0 Å². The highest BCUT2D eigenvalue weighted by molar-refractivity contribution is 5.47. The zero-order valence-electron chi connectivity index (χ0n) is 10.9. The summed E-state index contributed by atoms with van der Waals surface area (Å²) in [6, 6.07) is 12.2. The van der Waals surface area contributed by atoms with Crippen molar-refractivity contribution in [3.8, 4) is 6.07 Å². The summed E-state index contributed by atoms with van der Waals surface area (Å²) < 4.78 is 5.68. The van der Waals surface area contributed by atoms with Gasteiger partial charge in [-0.3, -0.25) is 4.79 Å². The lowest BCUT2D eigenvalue weighted by atomic mass is 9.82. The molecule has 1 amide bonds. The summed E-state index contributed by atoms with van der Waals surface area (Å²) in [5.74, 6) is 0. The van der Waals surface area contributed by atoms with Crippen molar-refractivity contribution in [3.63, 3.8) is 0 Å². The quantitative estimate of drug-likeness (QED) is 0.759. The van der Waals surface area contributed by atoms with Gasteiger partial charge in [-0.15, -0.1) is 0 Å². The van der Waals surface area contributed by atoms with E-state index in [-0.39, 0.29) is 0 Å². The molecule has 1 unspecified atom stereocenters. The van der Waals surface area contributed by atoms with Gasteiger partial charge in [-0.2, -0.15) is 5.26 Å². The van der Waals surface area contributed by atoms with Crippen LogP contribution in [0.25, 0.3) is 0 Å². The summed E-state index contributed by atoms with van der Waals surface area (Å²) in [5, 5.41) is 9.38. The molecule has 0 aliphatic carbocycles. The summed E-state index contributed by atoms with van der Waals surface area (Å²) in [4.78, 5) is 12.5. The van der Waals surface area contributed by atoms with E-state index >= 15 is 0 Å². The Morgan fingerprint density at radius 2 is 2.21 bits per heavy atom. The van der Waals surface area contributed by atoms with Gasteiger partial charge in [-0.1, -0.05) is 30.3 Å². The number of hydrogen-bond acceptors (Lipinski definition) is 3. The fourth-order valence-corrected chi connectivity index (χ4v) is 2.44. The maximum absolute atomic E-state index is 10.8. The number of carbonyl (C=O) groups excluding carboxylic acids is 1. The number of hydrogen-bond donors (Lipinski definition) is 0. The third-order valence-corrected chi connectivity index (χ3v) is 3.48. The van der Waals surface area contributed by atoms with E-state index in [9.17, 15) is 10.1 Å². The van der Waals surface area contributed by atoms with Crippen molar-refractivity contribution in [2.45, 2.75) is 19.4 Å². The van der Waals surface area contributed by atoms with Gasteiger partial charge in [0.2, 0.25) is 6.41 Å². The van der Waals surface area contributed by atoms with E-state index in [1.807, 2.05) is 30.3 Å². The normalized spacial score (nSPS) is 22.8. The van der Waals surface area contributed by atoms with Gasteiger partial charge in [-0.05, 0) is 18.4 Å². The number of benzene rings is 1. The minimum Gasteiger partial charge on any atom is -0.375 e. The fourth-order valence-electron chi connectivity index (χ4n) is 2.44. The van der Waals surface area contributed by atoms with Crippen LogP contribution in [0.2, 0.25) is 0 Å². The topological polar surface area (TPSA) is 53.3 Å².